The maximum Gasteiger partial charge on any atom is 0.251 e. The van der Waals surface area contributed by atoms with Crippen molar-refractivity contribution in [1.29, 1.82) is 0 Å². The van der Waals surface area contributed by atoms with Crippen LogP contribution in [0.3, 0.4) is 0 Å². The van der Waals surface area contributed by atoms with E-state index in [1.54, 1.807) is 24.3 Å². The molecule has 0 saturated heterocycles. The monoisotopic (exact) mass is 223 g/mol. The van der Waals surface area contributed by atoms with E-state index in [2.05, 4.69) is 5.32 Å². The molecule has 2 rings (SSSR count). The summed E-state index contributed by atoms with van der Waals surface area (Å²) in [6.07, 6.45) is 4.68. The highest BCUT2D eigenvalue weighted by molar-refractivity contribution is 6.30. The summed E-state index contributed by atoms with van der Waals surface area (Å²) in [5, 5.41) is 3.69. The molecule has 1 aromatic carbocycles. The van der Waals surface area contributed by atoms with Crippen LogP contribution in [0.25, 0.3) is 0 Å². The molecule has 0 aromatic heterocycles. The van der Waals surface area contributed by atoms with Gasteiger partial charge in [0.25, 0.3) is 5.91 Å². The Kier molecular flexibility index (Phi) is 3.27. The minimum Gasteiger partial charge on any atom is -0.349 e. The summed E-state index contributed by atoms with van der Waals surface area (Å²) in [5.74, 6) is 0.0126. The largest absolute Gasteiger partial charge is 0.349 e. The second-order valence-corrected chi connectivity index (χ2v) is 4.40. The van der Waals surface area contributed by atoms with Crippen molar-refractivity contribution in [3.8, 4) is 0 Å². The van der Waals surface area contributed by atoms with E-state index in [0.717, 1.165) is 12.8 Å². The summed E-state index contributed by atoms with van der Waals surface area (Å²) in [6, 6.07) is 7.36. The third kappa shape index (κ3) is 2.72. The van der Waals surface area contributed by atoms with E-state index in [-0.39, 0.29) is 5.91 Å². The normalized spacial score (nSPS) is 16.6. The van der Waals surface area contributed by atoms with Gasteiger partial charge in [0.15, 0.2) is 0 Å². The first kappa shape index (κ1) is 10.5. The zero-order chi connectivity index (χ0) is 10.7. The van der Waals surface area contributed by atoms with Crippen LogP contribution < -0.4 is 5.32 Å². The van der Waals surface area contributed by atoms with Crippen LogP contribution in [0.4, 0.5) is 0 Å². The molecule has 1 aromatic rings. The van der Waals surface area contributed by atoms with E-state index in [9.17, 15) is 4.79 Å². The number of carbonyl (C=O) groups excluding carboxylic acids is 1. The Labute approximate surface area is 94.6 Å². The summed E-state index contributed by atoms with van der Waals surface area (Å²) >= 11 is 5.75. The highest BCUT2D eigenvalue weighted by Crippen LogP contribution is 2.18. The van der Waals surface area contributed by atoms with Gasteiger partial charge in [-0.1, -0.05) is 24.4 Å². The summed E-state index contributed by atoms with van der Waals surface area (Å²) in [5.41, 5.74) is 0.686. The molecule has 1 aliphatic carbocycles. The lowest BCUT2D eigenvalue weighted by Crippen LogP contribution is -2.32. The summed E-state index contributed by atoms with van der Waals surface area (Å²) in [7, 11) is 0. The maximum atomic E-state index is 11.8. The van der Waals surface area contributed by atoms with Crippen LogP contribution >= 0.6 is 11.6 Å². The fourth-order valence-electron chi connectivity index (χ4n) is 1.94. The highest BCUT2D eigenvalue weighted by atomic mass is 35.5. The van der Waals surface area contributed by atoms with Crippen LogP contribution in [0.2, 0.25) is 5.02 Å². The molecular weight excluding hydrogens is 210 g/mol. The van der Waals surface area contributed by atoms with E-state index in [1.807, 2.05) is 0 Å². The zero-order valence-electron chi connectivity index (χ0n) is 8.50. The third-order valence-corrected chi connectivity index (χ3v) is 3.05. The first-order valence-electron chi connectivity index (χ1n) is 5.32. The first-order valence-corrected chi connectivity index (χ1v) is 5.70. The second kappa shape index (κ2) is 4.67. The Morgan fingerprint density at radius 1 is 1.20 bits per heavy atom. The van der Waals surface area contributed by atoms with E-state index in [1.165, 1.54) is 12.8 Å². The van der Waals surface area contributed by atoms with Gasteiger partial charge in [0.05, 0.1) is 0 Å². The number of carbonyl (C=O) groups is 1. The Bertz CT molecular complexity index is 341. The maximum absolute atomic E-state index is 11.8. The van der Waals surface area contributed by atoms with Crippen LogP contribution in [0.5, 0.6) is 0 Å². The molecule has 0 heterocycles. The van der Waals surface area contributed by atoms with Gasteiger partial charge in [0.2, 0.25) is 0 Å². The van der Waals surface area contributed by atoms with Crippen molar-refractivity contribution < 1.29 is 4.79 Å². The van der Waals surface area contributed by atoms with Crippen LogP contribution in [0.15, 0.2) is 24.3 Å². The molecule has 15 heavy (non-hydrogen) atoms. The number of nitrogens with one attached hydrogen (secondary N) is 1. The Hall–Kier alpha value is -1.02. The molecule has 1 saturated carbocycles. The van der Waals surface area contributed by atoms with Crippen molar-refractivity contribution >= 4 is 17.5 Å². The van der Waals surface area contributed by atoms with E-state index in [0.29, 0.717) is 16.6 Å². The Morgan fingerprint density at radius 3 is 2.40 bits per heavy atom. The van der Waals surface area contributed by atoms with Gasteiger partial charge in [-0.25, -0.2) is 0 Å². The van der Waals surface area contributed by atoms with Gasteiger partial charge in [0.1, 0.15) is 0 Å². The van der Waals surface area contributed by atoms with Crippen LogP contribution in [-0.4, -0.2) is 11.9 Å². The molecule has 0 unspecified atom stereocenters. The van der Waals surface area contributed by atoms with Gasteiger partial charge in [-0.3, -0.25) is 4.79 Å². The van der Waals surface area contributed by atoms with Gasteiger partial charge in [0, 0.05) is 16.6 Å². The molecule has 1 aliphatic rings. The van der Waals surface area contributed by atoms with Crippen molar-refractivity contribution in [3.63, 3.8) is 0 Å². The number of hydrogen-bond acceptors (Lipinski definition) is 1. The van der Waals surface area contributed by atoms with Crippen molar-refractivity contribution in [3.05, 3.63) is 34.9 Å². The van der Waals surface area contributed by atoms with Gasteiger partial charge < -0.3 is 5.32 Å². The zero-order valence-corrected chi connectivity index (χ0v) is 9.26. The summed E-state index contributed by atoms with van der Waals surface area (Å²) in [6.45, 7) is 0. The van der Waals surface area contributed by atoms with Crippen LogP contribution in [0.1, 0.15) is 36.0 Å². The van der Waals surface area contributed by atoms with Crippen molar-refractivity contribution in [2.24, 2.45) is 0 Å². The molecule has 3 heteroatoms. The lowest BCUT2D eigenvalue weighted by Gasteiger charge is -2.11. The molecular formula is C12H14ClNO. The Balaban J connectivity index is 1.98. The lowest BCUT2D eigenvalue weighted by atomic mass is 10.2. The molecule has 0 radical (unpaired) electrons. The number of benzene rings is 1. The predicted molar refractivity (Wildman–Crippen MR) is 61.2 cm³/mol. The summed E-state index contributed by atoms with van der Waals surface area (Å²) < 4.78 is 0. The summed E-state index contributed by atoms with van der Waals surface area (Å²) in [4.78, 5) is 11.8. The second-order valence-electron chi connectivity index (χ2n) is 3.96. The fraction of sp³-hybridized carbons (Fsp3) is 0.417. The van der Waals surface area contributed by atoms with Crippen molar-refractivity contribution in [1.82, 2.24) is 5.32 Å². The lowest BCUT2D eigenvalue weighted by molar-refractivity contribution is 0.0938. The third-order valence-electron chi connectivity index (χ3n) is 2.80. The topological polar surface area (TPSA) is 29.1 Å². The molecule has 0 spiro atoms. The van der Waals surface area contributed by atoms with Crippen LogP contribution in [0, 0.1) is 0 Å². The molecule has 1 N–H and O–H groups in total. The molecule has 0 atom stereocenters. The van der Waals surface area contributed by atoms with Gasteiger partial charge in [-0.05, 0) is 37.1 Å². The minimum atomic E-state index is 0.0126. The predicted octanol–water partition coefficient (Wildman–Crippen LogP) is 3.01. The van der Waals surface area contributed by atoms with Crippen molar-refractivity contribution in [2.75, 3.05) is 0 Å². The quantitative estimate of drug-likeness (QED) is 0.821. The molecule has 0 bridgehead atoms. The smallest absolute Gasteiger partial charge is 0.251 e. The van der Waals surface area contributed by atoms with E-state index >= 15 is 0 Å². The van der Waals surface area contributed by atoms with Gasteiger partial charge in [-0.15, -0.1) is 0 Å². The van der Waals surface area contributed by atoms with Crippen LogP contribution in [-0.2, 0) is 0 Å². The Morgan fingerprint density at radius 2 is 1.80 bits per heavy atom. The van der Waals surface area contributed by atoms with Gasteiger partial charge >= 0.3 is 0 Å². The average molecular weight is 224 g/mol. The SMILES string of the molecule is O=C(NC1CCCC1)c1ccc(Cl)cc1. The fourth-order valence-corrected chi connectivity index (χ4v) is 2.07. The average Bonchev–Trinajstić information content (AvgIpc) is 2.71. The standard InChI is InChI=1S/C12H14ClNO/c13-10-7-5-9(6-8-10)12(15)14-11-3-1-2-4-11/h5-8,11H,1-4H2,(H,14,15). The molecule has 2 nitrogen and oxygen atoms in total. The first-order chi connectivity index (χ1) is 7.25. The number of halogens is 1. The number of rotatable bonds is 2. The van der Waals surface area contributed by atoms with E-state index < -0.39 is 0 Å². The molecule has 80 valence electrons. The molecule has 1 fully saturated rings. The van der Waals surface area contributed by atoms with Gasteiger partial charge in [-0.2, -0.15) is 0 Å². The molecule has 0 aliphatic heterocycles. The highest BCUT2D eigenvalue weighted by Gasteiger charge is 2.17. The molecule has 1 amide bonds. The van der Waals surface area contributed by atoms with Crippen molar-refractivity contribution in [2.45, 2.75) is 31.7 Å². The number of amides is 1. The number of hydrogen-bond donors (Lipinski definition) is 1. The minimum absolute atomic E-state index is 0.0126. The van der Waals surface area contributed by atoms with E-state index in [4.69, 9.17) is 11.6 Å².